The molecule has 3 nitrogen and oxygen atoms in total. The summed E-state index contributed by atoms with van der Waals surface area (Å²) >= 11 is 7.77. The van der Waals surface area contributed by atoms with Crippen LogP contribution in [-0.2, 0) is 0 Å². The maximum Gasteiger partial charge on any atom is 0.124 e. The number of ether oxygens (including phenoxy) is 1. The van der Waals surface area contributed by atoms with E-state index in [9.17, 15) is 0 Å². The Morgan fingerprint density at radius 2 is 1.88 bits per heavy atom. The smallest absolute Gasteiger partial charge is 0.124 e. The minimum Gasteiger partial charge on any atom is -0.496 e. The van der Waals surface area contributed by atoms with Crippen molar-refractivity contribution in [3.05, 3.63) is 81.5 Å². The fourth-order valence-electron chi connectivity index (χ4n) is 3.12. The van der Waals surface area contributed by atoms with E-state index < -0.39 is 0 Å². The molecule has 1 unspecified atom stereocenters. The van der Waals surface area contributed by atoms with E-state index in [-0.39, 0.29) is 6.04 Å². The van der Waals surface area contributed by atoms with Crippen molar-refractivity contribution < 1.29 is 4.74 Å². The second-order valence-corrected chi connectivity index (χ2v) is 7.19. The lowest BCUT2D eigenvalue weighted by Gasteiger charge is -2.25. The predicted molar refractivity (Wildman–Crippen MR) is 105 cm³/mol. The highest BCUT2D eigenvalue weighted by Crippen LogP contribution is 2.40. The number of para-hydroxylation sites is 1. The van der Waals surface area contributed by atoms with Crippen LogP contribution in [0.25, 0.3) is 0 Å². The molecule has 0 spiro atoms. The summed E-state index contributed by atoms with van der Waals surface area (Å²) in [6, 6.07) is 20.2. The van der Waals surface area contributed by atoms with Crippen LogP contribution in [-0.4, -0.2) is 12.8 Å². The largest absolute Gasteiger partial charge is 0.496 e. The fourth-order valence-corrected chi connectivity index (χ4v) is 3.96. The second kappa shape index (κ2) is 6.90. The number of benzene rings is 2. The number of rotatable bonds is 4. The van der Waals surface area contributed by atoms with E-state index in [1.165, 1.54) is 4.88 Å². The summed E-state index contributed by atoms with van der Waals surface area (Å²) in [5.74, 6) is 0.883. The van der Waals surface area contributed by atoms with Crippen molar-refractivity contribution in [2.24, 2.45) is 5.10 Å². The maximum atomic E-state index is 6.06. The summed E-state index contributed by atoms with van der Waals surface area (Å²) in [6.45, 7) is 0. The quantitative estimate of drug-likeness (QED) is 0.584. The third-order valence-electron chi connectivity index (χ3n) is 4.31. The molecular weight excluding hydrogens is 352 g/mol. The highest BCUT2D eigenvalue weighted by molar-refractivity contribution is 7.12. The van der Waals surface area contributed by atoms with Gasteiger partial charge in [-0.25, -0.2) is 0 Å². The molecular formula is C20H17ClN2OS. The van der Waals surface area contributed by atoms with Gasteiger partial charge >= 0.3 is 0 Å². The van der Waals surface area contributed by atoms with Crippen molar-refractivity contribution in [3.63, 3.8) is 0 Å². The summed E-state index contributed by atoms with van der Waals surface area (Å²) in [4.78, 5) is 1.20. The minimum atomic E-state index is 0.0921. The van der Waals surface area contributed by atoms with E-state index in [4.69, 9.17) is 21.4 Å². The van der Waals surface area contributed by atoms with Gasteiger partial charge in [-0.3, -0.25) is 5.01 Å². The van der Waals surface area contributed by atoms with Crippen molar-refractivity contribution in [2.75, 3.05) is 12.1 Å². The molecule has 0 saturated heterocycles. The predicted octanol–water partition coefficient (Wildman–Crippen LogP) is 5.77. The Morgan fingerprint density at radius 1 is 1.08 bits per heavy atom. The van der Waals surface area contributed by atoms with Gasteiger partial charge in [-0.1, -0.05) is 35.9 Å². The molecule has 1 aliphatic rings. The van der Waals surface area contributed by atoms with Crippen LogP contribution in [0.2, 0.25) is 5.02 Å². The van der Waals surface area contributed by atoms with Crippen LogP contribution in [0.3, 0.4) is 0 Å². The van der Waals surface area contributed by atoms with Crippen LogP contribution in [0.15, 0.2) is 71.1 Å². The highest BCUT2D eigenvalue weighted by atomic mass is 35.5. The van der Waals surface area contributed by atoms with Gasteiger partial charge in [0, 0.05) is 17.0 Å². The Morgan fingerprint density at radius 3 is 2.60 bits per heavy atom. The van der Waals surface area contributed by atoms with Crippen LogP contribution < -0.4 is 9.75 Å². The van der Waals surface area contributed by atoms with E-state index in [1.54, 1.807) is 18.4 Å². The SMILES string of the molecule is COc1ccccc1C1CC(c2cccs2)=NN1c1ccc(Cl)cc1. The van der Waals surface area contributed by atoms with Crippen LogP contribution in [0.5, 0.6) is 5.75 Å². The molecule has 0 bridgehead atoms. The summed E-state index contributed by atoms with van der Waals surface area (Å²) in [6.07, 6.45) is 0.837. The van der Waals surface area contributed by atoms with Gasteiger partial charge in [0.1, 0.15) is 5.75 Å². The number of nitrogens with zero attached hydrogens (tertiary/aromatic N) is 2. The van der Waals surface area contributed by atoms with Crippen LogP contribution in [0.1, 0.15) is 22.9 Å². The Labute approximate surface area is 156 Å². The lowest BCUT2D eigenvalue weighted by molar-refractivity contribution is 0.405. The van der Waals surface area contributed by atoms with Crippen molar-refractivity contribution in [3.8, 4) is 5.75 Å². The number of thiophene rings is 1. The van der Waals surface area contributed by atoms with E-state index in [1.807, 2.05) is 42.5 Å². The van der Waals surface area contributed by atoms with Gasteiger partial charge in [0.2, 0.25) is 0 Å². The third kappa shape index (κ3) is 3.15. The first-order chi connectivity index (χ1) is 12.3. The average molecular weight is 369 g/mol. The number of hydrogen-bond acceptors (Lipinski definition) is 4. The van der Waals surface area contributed by atoms with E-state index >= 15 is 0 Å². The molecule has 1 aliphatic heterocycles. The lowest BCUT2D eigenvalue weighted by atomic mass is 10.00. The number of methoxy groups -OCH3 is 1. The molecule has 0 radical (unpaired) electrons. The lowest BCUT2D eigenvalue weighted by Crippen LogP contribution is -2.19. The monoisotopic (exact) mass is 368 g/mol. The van der Waals surface area contributed by atoms with Gasteiger partial charge in [-0.2, -0.15) is 5.10 Å². The third-order valence-corrected chi connectivity index (χ3v) is 5.48. The zero-order chi connectivity index (χ0) is 17.2. The Hall–Kier alpha value is -2.30. The average Bonchev–Trinajstić information content (AvgIpc) is 3.32. The highest BCUT2D eigenvalue weighted by Gasteiger charge is 2.32. The number of anilines is 1. The van der Waals surface area contributed by atoms with Crippen LogP contribution in [0.4, 0.5) is 5.69 Å². The molecule has 2 heterocycles. The zero-order valence-electron chi connectivity index (χ0n) is 13.7. The van der Waals surface area contributed by atoms with Crippen LogP contribution >= 0.6 is 22.9 Å². The topological polar surface area (TPSA) is 24.8 Å². The molecule has 0 aliphatic carbocycles. The van der Waals surface area contributed by atoms with Gasteiger partial charge in [0.15, 0.2) is 0 Å². The van der Waals surface area contributed by atoms with Gasteiger partial charge in [-0.15, -0.1) is 11.3 Å². The molecule has 5 heteroatoms. The van der Waals surface area contributed by atoms with Crippen LogP contribution in [0, 0.1) is 0 Å². The van der Waals surface area contributed by atoms with Gasteiger partial charge in [-0.05, 0) is 41.8 Å². The number of hydrogen-bond donors (Lipinski definition) is 0. The van der Waals surface area contributed by atoms with Gasteiger partial charge < -0.3 is 4.74 Å². The summed E-state index contributed by atoms with van der Waals surface area (Å²) in [5, 5.41) is 9.80. The molecule has 0 saturated carbocycles. The molecule has 3 aromatic rings. The van der Waals surface area contributed by atoms with E-state index in [0.717, 1.165) is 34.2 Å². The summed E-state index contributed by atoms with van der Waals surface area (Å²) < 4.78 is 5.59. The minimum absolute atomic E-state index is 0.0921. The normalized spacial score (nSPS) is 16.8. The molecule has 0 amide bonds. The maximum absolute atomic E-state index is 6.06. The standard InChI is InChI=1S/C20H17ClN2OS/c1-24-19-6-3-2-5-16(19)18-13-17(20-7-4-12-25-20)22-23(18)15-10-8-14(21)9-11-15/h2-12,18H,13H2,1H3. The van der Waals surface area contributed by atoms with Crippen molar-refractivity contribution in [1.29, 1.82) is 0 Å². The Kier molecular flexibility index (Phi) is 4.47. The number of hydrazone groups is 1. The second-order valence-electron chi connectivity index (χ2n) is 5.81. The zero-order valence-corrected chi connectivity index (χ0v) is 15.3. The first-order valence-electron chi connectivity index (χ1n) is 8.05. The van der Waals surface area contributed by atoms with Gasteiger partial charge in [0.05, 0.1) is 29.4 Å². The van der Waals surface area contributed by atoms with E-state index in [0.29, 0.717) is 0 Å². The molecule has 25 heavy (non-hydrogen) atoms. The molecule has 126 valence electrons. The summed E-state index contributed by atoms with van der Waals surface area (Å²) in [7, 11) is 1.71. The summed E-state index contributed by atoms with van der Waals surface area (Å²) in [5.41, 5.74) is 3.25. The van der Waals surface area contributed by atoms with Crippen molar-refractivity contribution >= 4 is 34.3 Å². The van der Waals surface area contributed by atoms with Gasteiger partial charge in [0.25, 0.3) is 0 Å². The molecule has 1 atom stereocenters. The molecule has 0 N–H and O–H groups in total. The Balaban J connectivity index is 1.78. The van der Waals surface area contributed by atoms with Crippen molar-refractivity contribution in [1.82, 2.24) is 0 Å². The first kappa shape index (κ1) is 16.2. The fraction of sp³-hybridized carbons (Fsp3) is 0.150. The van der Waals surface area contributed by atoms with Crippen molar-refractivity contribution in [2.45, 2.75) is 12.5 Å². The molecule has 2 aromatic carbocycles. The molecule has 1 aromatic heterocycles. The molecule has 4 rings (SSSR count). The Bertz CT molecular complexity index is 890. The first-order valence-corrected chi connectivity index (χ1v) is 9.31. The van der Waals surface area contributed by atoms with E-state index in [2.05, 4.69) is 28.6 Å². The number of halogens is 1. The molecule has 0 fully saturated rings.